The fourth-order valence-corrected chi connectivity index (χ4v) is 7.79. The Kier molecular flexibility index (Phi) is 32.2. The molecule has 1 fully saturated rings. The van der Waals surface area contributed by atoms with E-state index in [9.17, 15) is 39.8 Å². The van der Waals surface area contributed by atoms with E-state index in [1.54, 1.807) is 0 Å². The molecule has 0 spiro atoms. The molecule has 0 aromatic rings. The summed E-state index contributed by atoms with van der Waals surface area (Å²) in [4.78, 5) is 23.1. The van der Waals surface area contributed by atoms with Gasteiger partial charge in [-0.25, -0.2) is 4.57 Å². The summed E-state index contributed by atoms with van der Waals surface area (Å²) in [7, 11) is -5.01. The van der Waals surface area contributed by atoms with Gasteiger partial charge in [-0.15, -0.1) is 0 Å². The van der Waals surface area contributed by atoms with Crippen LogP contribution in [-0.4, -0.2) is 98.9 Å². The van der Waals surface area contributed by atoms with Crippen LogP contribution in [0.4, 0.5) is 0 Å². The minimum absolute atomic E-state index is 0.0759. The lowest BCUT2D eigenvalue weighted by molar-refractivity contribution is -0.220. The highest BCUT2D eigenvalue weighted by Gasteiger charge is 2.51. The largest absolute Gasteiger partial charge is 0.472 e. The van der Waals surface area contributed by atoms with Crippen LogP contribution in [0.25, 0.3) is 0 Å². The minimum atomic E-state index is -5.01. The van der Waals surface area contributed by atoms with Gasteiger partial charge in [0, 0.05) is 13.0 Å². The van der Waals surface area contributed by atoms with Crippen molar-refractivity contribution in [3.63, 3.8) is 0 Å². The van der Waals surface area contributed by atoms with E-state index in [1.165, 1.54) is 109 Å². The van der Waals surface area contributed by atoms with Gasteiger partial charge in [0.15, 0.2) is 0 Å². The first-order valence-corrected chi connectivity index (χ1v) is 23.5. The maximum Gasteiger partial charge on any atom is 0.472 e. The van der Waals surface area contributed by atoms with Gasteiger partial charge in [-0.3, -0.25) is 13.8 Å². The van der Waals surface area contributed by atoms with Gasteiger partial charge in [-0.1, -0.05) is 154 Å². The molecular weight excluding hydrogens is 727 g/mol. The van der Waals surface area contributed by atoms with Crippen molar-refractivity contribution < 1.29 is 58.3 Å². The van der Waals surface area contributed by atoms with E-state index in [2.05, 4.69) is 26.0 Å². The predicted octanol–water partition coefficient (Wildman–Crippen LogP) is 8.36. The lowest BCUT2D eigenvalue weighted by Gasteiger charge is -2.41. The highest BCUT2D eigenvalue weighted by molar-refractivity contribution is 7.47. The number of phosphoric ester groups is 1. The Morgan fingerprint density at radius 3 is 1.44 bits per heavy atom. The van der Waals surface area contributed by atoms with Gasteiger partial charge in [0.05, 0.1) is 13.2 Å². The molecule has 1 aliphatic rings. The van der Waals surface area contributed by atoms with Crippen LogP contribution >= 0.6 is 7.82 Å². The topological polar surface area (TPSA) is 192 Å². The van der Waals surface area contributed by atoms with Crippen molar-refractivity contribution in [1.29, 1.82) is 0 Å². The zero-order valence-corrected chi connectivity index (χ0v) is 35.4. The minimum Gasteiger partial charge on any atom is -0.457 e. The number of aliphatic hydroxyl groups is 5. The number of esters is 1. The van der Waals surface area contributed by atoms with E-state index >= 15 is 0 Å². The number of aliphatic hydroxyl groups excluding tert-OH is 5. The third-order valence-electron chi connectivity index (χ3n) is 10.4. The average molecular weight is 809 g/mol. The standard InChI is InChI=1S/C42H81O12P/c1-3-5-7-9-11-13-15-16-17-18-19-20-22-24-26-28-30-32-51-33-35(53-36(43)31-29-27-25-23-21-14-12-10-8-6-4-2)34-52-55(49,50)54-42-40(47)38(45)37(44)39(46)41(42)48/h17-18,35,37-42,44-48H,3-16,19-34H2,1-2H3,(H,49,50)/b18-17-. The molecule has 0 amide bonds. The molecule has 12 nitrogen and oxygen atoms in total. The molecule has 6 N–H and O–H groups in total. The number of phosphoric acid groups is 1. The first-order chi connectivity index (χ1) is 26.5. The van der Waals surface area contributed by atoms with Gasteiger partial charge in [-0.2, -0.15) is 0 Å². The summed E-state index contributed by atoms with van der Waals surface area (Å²) >= 11 is 0. The second kappa shape index (κ2) is 34.0. The molecule has 55 heavy (non-hydrogen) atoms. The van der Waals surface area contributed by atoms with Crippen LogP contribution < -0.4 is 0 Å². The van der Waals surface area contributed by atoms with Gasteiger partial charge in [0.2, 0.25) is 0 Å². The van der Waals surface area contributed by atoms with E-state index in [-0.39, 0.29) is 13.0 Å². The van der Waals surface area contributed by atoms with E-state index < -0.39 is 63.1 Å². The third-order valence-corrected chi connectivity index (χ3v) is 11.4. The zero-order valence-electron chi connectivity index (χ0n) is 34.5. The number of rotatable bonds is 37. The SMILES string of the molecule is CCCCCCCCC/C=C\CCCCCCCCOCC(COP(=O)(O)OC1C(O)C(O)C(O)C(O)C1O)OC(=O)CCCCCCCCCCCCC. The molecule has 6 unspecified atom stereocenters. The molecule has 6 atom stereocenters. The van der Waals surface area contributed by atoms with Crippen LogP contribution in [0.2, 0.25) is 0 Å². The highest BCUT2D eigenvalue weighted by atomic mass is 31.2. The second-order valence-electron chi connectivity index (χ2n) is 15.6. The Hall–Kier alpha value is -0.920. The monoisotopic (exact) mass is 809 g/mol. The van der Waals surface area contributed by atoms with Crippen LogP contribution in [0.5, 0.6) is 0 Å². The van der Waals surface area contributed by atoms with Crippen LogP contribution in [-0.2, 0) is 27.9 Å². The lowest BCUT2D eigenvalue weighted by Crippen LogP contribution is -2.64. The number of carbonyl (C=O) groups is 1. The number of hydrogen-bond acceptors (Lipinski definition) is 11. The summed E-state index contributed by atoms with van der Waals surface area (Å²) < 4.78 is 34.1. The zero-order chi connectivity index (χ0) is 40.6. The van der Waals surface area contributed by atoms with Gasteiger partial charge < -0.3 is 39.9 Å². The normalized spacial score (nSPS) is 23.3. The highest BCUT2D eigenvalue weighted by Crippen LogP contribution is 2.47. The van der Waals surface area contributed by atoms with Crippen LogP contribution in [0.3, 0.4) is 0 Å². The maximum absolute atomic E-state index is 12.8. The Morgan fingerprint density at radius 2 is 0.964 bits per heavy atom. The fraction of sp³-hybridized carbons (Fsp3) is 0.929. The van der Waals surface area contributed by atoms with Crippen LogP contribution in [0.15, 0.2) is 12.2 Å². The maximum atomic E-state index is 12.8. The van der Waals surface area contributed by atoms with Crippen LogP contribution in [0.1, 0.15) is 187 Å². The molecule has 326 valence electrons. The molecule has 0 bridgehead atoms. The molecule has 13 heteroatoms. The summed E-state index contributed by atoms with van der Waals surface area (Å²) in [6.45, 7) is 4.24. The number of hydrogen-bond donors (Lipinski definition) is 6. The van der Waals surface area contributed by atoms with Gasteiger partial charge in [0.25, 0.3) is 0 Å². The predicted molar refractivity (Wildman–Crippen MR) is 217 cm³/mol. The summed E-state index contributed by atoms with van der Waals surface area (Å²) in [5.74, 6) is -0.479. The van der Waals surface area contributed by atoms with Crippen molar-refractivity contribution in [2.75, 3.05) is 19.8 Å². The summed E-state index contributed by atoms with van der Waals surface area (Å²) in [6.07, 6.45) is 22.9. The van der Waals surface area contributed by atoms with Crippen molar-refractivity contribution in [3.8, 4) is 0 Å². The Bertz CT molecular complexity index is 968. The number of carbonyl (C=O) groups excluding carboxylic acids is 1. The van der Waals surface area contributed by atoms with Crippen molar-refractivity contribution in [1.82, 2.24) is 0 Å². The quantitative estimate of drug-likeness (QED) is 0.0152. The van der Waals surface area contributed by atoms with E-state index in [1.807, 2.05) is 0 Å². The Labute approximate surface area is 333 Å². The molecule has 1 aliphatic carbocycles. The lowest BCUT2D eigenvalue weighted by atomic mass is 9.85. The molecule has 1 rings (SSSR count). The molecule has 0 saturated heterocycles. The van der Waals surface area contributed by atoms with E-state index in [4.69, 9.17) is 18.5 Å². The van der Waals surface area contributed by atoms with E-state index in [0.29, 0.717) is 13.0 Å². The van der Waals surface area contributed by atoms with Crippen molar-refractivity contribution in [2.24, 2.45) is 0 Å². The Morgan fingerprint density at radius 1 is 0.564 bits per heavy atom. The fourth-order valence-electron chi connectivity index (χ4n) is 6.82. The molecule has 0 aromatic carbocycles. The first kappa shape index (κ1) is 52.1. The van der Waals surface area contributed by atoms with Crippen LogP contribution in [0, 0.1) is 0 Å². The van der Waals surface area contributed by atoms with E-state index in [0.717, 1.165) is 51.4 Å². The number of allylic oxidation sites excluding steroid dienone is 2. The molecule has 0 aliphatic heterocycles. The summed E-state index contributed by atoms with van der Waals surface area (Å²) in [5, 5.41) is 50.1. The molecular formula is C42H81O12P. The first-order valence-electron chi connectivity index (χ1n) is 22.0. The summed E-state index contributed by atoms with van der Waals surface area (Å²) in [6, 6.07) is 0. The number of unbranched alkanes of at least 4 members (excludes halogenated alkanes) is 23. The third kappa shape index (κ3) is 26.7. The average Bonchev–Trinajstić information content (AvgIpc) is 3.17. The van der Waals surface area contributed by atoms with Crippen molar-refractivity contribution in [3.05, 3.63) is 12.2 Å². The molecule has 0 aromatic heterocycles. The van der Waals surface area contributed by atoms with Gasteiger partial charge in [0.1, 0.15) is 42.7 Å². The van der Waals surface area contributed by atoms with Crippen molar-refractivity contribution in [2.45, 2.75) is 230 Å². The number of ether oxygens (including phenoxy) is 2. The summed E-state index contributed by atoms with van der Waals surface area (Å²) in [5.41, 5.74) is 0. The molecule has 0 heterocycles. The smallest absolute Gasteiger partial charge is 0.457 e. The second-order valence-corrected chi connectivity index (χ2v) is 17.0. The molecule has 0 radical (unpaired) electrons. The Balaban J connectivity index is 2.40. The van der Waals surface area contributed by atoms with Gasteiger partial charge >= 0.3 is 13.8 Å². The van der Waals surface area contributed by atoms with Gasteiger partial charge in [-0.05, 0) is 38.5 Å². The molecule has 1 saturated carbocycles. The van der Waals surface area contributed by atoms with Crippen molar-refractivity contribution >= 4 is 13.8 Å².